The van der Waals surface area contributed by atoms with Gasteiger partial charge in [-0.1, -0.05) is 19.9 Å². The lowest BCUT2D eigenvalue weighted by Gasteiger charge is -2.11. The van der Waals surface area contributed by atoms with Crippen LogP contribution in [0.3, 0.4) is 0 Å². The summed E-state index contributed by atoms with van der Waals surface area (Å²) in [6.45, 7) is 7.14. The average molecular weight is 493 g/mol. The van der Waals surface area contributed by atoms with Crippen LogP contribution in [0.5, 0.6) is 0 Å². The molecule has 0 saturated carbocycles. The molecule has 0 aliphatic heterocycles. The maximum absolute atomic E-state index is 12.9. The first kappa shape index (κ1) is 25.0. The van der Waals surface area contributed by atoms with Gasteiger partial charge in [-0.3, -0.25) is 4.98 Å². The van der Waals surface area contributed by atoms with Gasteiger partial charge in [0.2, 0.25) is 5.95 Å². The van der Waals surface area contributed by atoms with Gasteiger partial charge in [-0.25, -0.2) is 9.97 Å². The van der Waals surface area contributed by atoms with E-state index in [1.165, 1.54) is 6.07 Å². The summed E-state index contributed by atoms with van der Waals surface area (Å²) < 4.78 is 38.7. The summed E-state index contributed by atoms with van der Waals surface area (Å²) in [5.41, 5.74) is 3.59. The van der Waals surface area contributed by atoms with Crippen LogP contribution in [0.2, 0.25) is 0 Å². The van der Waals surface area contributed by atoms with Crippen LogP contribution in [0.4, 0.5) is 36.2 Å². The van der Waals surface area contributed by atoms with Crippen molar-refractivity contribution in [3.63, 3.8) is 0 Å². The zero-order valence-electron chi connectivity index (χ0n) is 20.2. The van der Waals surface area contributed by atoms with Crippen LogP contribution in [0, 0.1) is 12.8 Å². The Kier molecular flexibility index (Phi) is 7.38. The van der Waals surface area contributed by atoms with Gasteiger partial charge in [-0.05, 0) is 67.4 Å². The van der Waals surface area contributed by atoms with Crippen molar-refractivity contribution in [2.24, 2.45) is 5.92 Å². The largest absolute Gasteiger partial charge is 0.416 e. The Bertz CT molecular complexity index is 1360. The minimum atomic E-state index is -4.39. The monoisotopic (exact) mass is 492 g/mol. The number of nitrogens with zero attached hydrogens (tertiary/aromatic N) is 3. The molecule has 4 aromatic rings. The number of anilines is 4. The van der Waals surface area contributed by atoms with Crippen LogP contribution in [0.15, 0.2) is 67.0 Å². The molecule has 6 nitrogen and oxygen atoms in total. The van der Waals surface area contributed by atoms with E-state index in [9.17, 15) is 13.2 Å². The number of aromatic nitrogens is 3. The Morgan fingerprint density at radius 2 is 1.75 bits per heavy atom. The van der Waals surface area contributed by atoms with Crippen molar-refractivity contribution >= 4 is 40.0 Å². The van der Waals surface area contributed by atoms with Crippen LogP contribution in [-0.2, 0) is 6.18 Å². The molecule has 3 N–H and O–H groups in total. The Hall–Kier alpha value is -4.14. The fourth-order valence-electron chi connectivity index (χ4n) is 3.50. The molecule has 0 bridgehead atoms. The highest BCUT2D eigenvalue weighted by molar-refractivity contribution is 5.85. The number of hydrogen-bond donors (Lipinski definition) is 3. The molecule has 2 aromatic carbocycles. The summed E-state index contributed by atoms with van der Waals surface area (Å²) in [5.74, 6) is 1.01. The quantitative estimate of drug-likeness (QED) is 0.241. The van der Waals surface area contributed by atoms with Gasteiger partial charge in [0, 0.05) is 29.5 Å². The van der Waals surface area contributed by atoms with Gasteiger partial charge in [0.15, 0.2) is 0 Å². The van der Waals surface area contributed by atoms with Crippen LogP contribution < -0.4 is 16.0 Å². The Morgan fingerprint density at radius 3 is 2.47 bits per heavy atom. The molecule has 0 aliphatic carbocycles. The minimum Gasteiger partial charge on any atom is -0.385 e. The van der Waals surface area contributed by atoms with E-state index in [4.69, 9.17) is 0 Å². The van der Waals surface area contributed by atoms with E-state index in [1.54, 1.807) is 36.7 Å². The van der Waals surface area contributed by atoms with Gasteiger partial charge < -0.3 is 16.0 Å². The Balaban J connectivity index is 1.41. The Labute approximate surface area is 207 Å². The number of halogens is 3. The van der Waals surface area contributed by atoms with Crippen molar-refractivity contribution in [3.8, 4) is 0 Å². The number of pyridine rings is 1. The van der Waals surface area contributed by atoms with Crippen molar-refractivity contribution < 1.29 is 13.2 Å². The number of fused-ring (bicyclic) bond motifs is 1. The first-order chi connectivity index (χ1) is 17.2. The summed E-state index contributed by atoms with van der Waals surface area (Å²) in [5, 5.41) is 10.4. The third-order valence-corrected chi connectivity index (χ3v) is 5.33. The number of alkyl halides is 3. The van der Waals surface area contributed by atoms with Gasteiger partial charge in [0.05, 0.1) is 34.4 Å². The van der Waals surface area contributed by atoms with E-state index in [0.717, 1.165) is 41.0 Å². The predicted octanol–water partition coefficient (Wildman–Crippen LogP) is 7.25. The van der Waals surface area contributed by atoms with E-state index < -0.39 is 11.7 Å². The molecule has 36 heavy (non-hydrogen) atoms. The molecule has 0 aliphatic rings. The lowest BCUT2D eigenvalue weighted by molar-refractivity contribution is -0.137. The molecule has 2 heterocycles. The maximum atomic E-state index is 12.9. The third kappa shape index (κ3) is 6.50. The van der Waals surface area contributed by atoms with Gasteiger partial charge in [-0.2, -0.15) is 13.2 Å². The lowest BCUT2D eigenvalue weighted by Crippen LogP contribution is -2.08. The summed E-state index contributed by atoms with van der Waals surface area (Å²) in [7, 11) is 0. The van der Waals surface area contributed by atoms with Crippen molar-refractivity contribution in [2.75, 3.05) is 22.5 Å². The van der Waals surface area contributed by atoms with E-state index >= 15 is 0 Å². The number of hydrogen-bond acceptors (Lipinski definition) is 6. The second-order valence-electron chi connectivity index (χ2n) is 8.79. The second kappa shape index (κ2) is 10.6. The Morgan fingerprint density at radius 1 is 0.944 bits per heavy atom. The summed E-state index contributed by atoms with van der Waals surface area (Å²) in [6.07, 6.45) is 0.626. The average Bonchev–Trinajstić information content (AvgIpc) is 2.83. The van der Waals surface area contributed by atoms with Crippen molar-refractivity contribution in [2.45, 2.75) is 26.9 Å². The van der Waals surface area contributed by atoms with Gasteiger partial charge in [0.1, 0.15) is 0 Å². The zero-order valence-corrected chi connectivity index (χ0v) is 20.2. The van der Waals surface area contributed by atoms with Gasteiger partial charge in [0.25, 0.3) is 0 Å². The molecule has 4 rings (SSSR count). The highest BCUT2D eigenvalue weighted by Crippen LogP contribution is 2.31. The predicted molar refractivity (Wildman–Crippen MR) is 139 cm³/mol. The van der Waals surface area contributed by atoms with Crippen LogP contribution in [0.1, 0.15) is 30.8 Å². The topological polar surface area (TPSA) is 74.8 Å². The molecule has 0 spiro atoms. The fraction of sp³-hybridized carbons (Fsp3) is 0.222. The van der Waals surface area contributed by atoms with E-state index in [2.05, 4.69) is 44.7 Å². The number of benzene rings is 2. The van der Waals surface area contributed by atoms with E-state index in [1.807, 2.05) is 25.1 Å². The third-order valence-electron chi connectivity index (χ3n) is 5.33. The minimum absolute atomic E-state index is 0.336. The number of rotatable bonds is 8. The zero-order chi connectivity index (χ0) is 25.7. The van der Waals surface area contributed by atoms with Crippen LogP contribution >= 0.6 is 0 Å². The van der Waals surface area contributed by atoms with Crippen LogP contribution in [-0.4, -0.2) is 21.5 Å². The fourth-order valence-corrected chi connectivity index (χ4v) is 3.50. The van der Waals surface area contributed by atoms with E-state index in [0.29, 0.717) is 28.9 Å². The second-order valence-corrected chi connectivity index (χ2v) is 8.79. The van der Waals surface area contributed by atoms with Crippen LogP contribution in [0.25, 0.3) is 17.0 Å². The molecule has 2 aromatic heterocycles. The van der Waals surface area contributed by atoms with Crippen molar-refractivity contribution in [1.82, 2.24) is 15.0 Å². The van der Waals surface area contributed by atoms with Gasteiger partial charge >= 0.3 is 6.18 Å². The van der Waals surface area contributed by atoms with E-state index in [-0.39, 0.29) is 0 Å². The summed E-state index contributed by atoms with van der Waals surface area (Å²) in [4.78, 5) is 13.5. The highest BCUT2D eigenvalue weighted by atomic mass is 19.4. The van der Waals surface area contributed by atoms with Crippen molar-refractivity contribution in [1.29, 1.82) is 0 Å². The molecular weight excluding hydrogens is 465 g/mol. The smallest absolute Gasteiger partial charge is 0.385 e. The molecule has 0 saturated heterocycles. The van der Waals surface area contributed by atoms with Gasteiger partial charge in [-0.15, -0.1) is 0 Å². The molecule has 0 unspecified atom stereocenters. The first-order valence-electron chi connectivity index (χ1n) is 11.5. The molecule has 0 amide bonds. The van der Waals surface area contributed by atoms with Crippen molar-refractivity contribution in [3.05, 3.63) is 83.9 Å². The molecular formula is C27H27F3N6. The molecule has 0 fully saturated rings. The lowest BCUT2D eigenvalue weighted by atomic mass is 10.1. The highest BCUT2D eigenvalue weighted by Gasteiger charge is 2.30. The molecule has 0 radical (unpaired) electrons. The number of aryl methyl sites for hydroxylation is 1. The summed E-state index contributed by atoms with van der Waals surface area (Å²) >= 11 is 0. The standard InChI is InChI=1S/C27H27F3N6/c1-17(2)15-32-21-9-10-24-18(3)34-26(36-25(24)14-21)31-12-11-20-7-8-23(16-33-20)35-22-6-4-5-19(13-22)27(28,29)30/h4-14,16-17,32,35H,15H2,1-3H3,(H,31,34,36)/b12-11+. The normalized spacial score (nSPS) is 11.9. The molecule has 186 valence electrons. The number of nitrogens with one attached hydrogen (secondary N) is 3. The first-order valence-corrected chi connectivity index (χ1v) is 11.5. The molecule has 9 heteroatoms. The maximum Gasteiger partial charge on any atom is 0.416 e. The molecule has 0 atom stereocenters. The SMILES string of the molecule is Cc1nc(N/C=C/c2ccc(Nc3cccc(C(F)(F)F)c3)cn2)nc2cc(NCC(C)C)ccc12. The summed E-state index contributed by atoms with van der Waals surface area (Å²) in [6, 6.07) is 14.6.